The second-order valence-corrected chi connectivity index (χ2v) is 7.07. The number of methoxy groups -OCH3 is 1. The highest BCUT2D eigenvalue weighted by Crippen LogP contribution is 2.18. The molecule has 1 saturated heterocycles. The Kier molecular flexibility index (Phi) is 7.30. The number of rotatable bonds is 5. The molecule has 1 aromatic heterocycles. The van der Waals surface area contributed by atoms with E-state index in [0.29, 0.717) is 5.13 Å². The number of hydrogen-bond donors (Lipinski definition) is 1. The number of nitrogen functional groups attached to an aromatic ring is 1. The molecule has 0 saturated carbocycles. The zero-order chi connectivity index (χ0) is 16.1. The van der Waals surface area contributed by atoms with Crippen molar-refractivity contribution in [3.63, 3.8) is 0 Å². The van der Waals surface area contributed by atoms with Crippen LogP contribution in [0.1, 0.15) is 16.9 Å². The molecule has 5 nitrogen and oxygen atoms in total. The van der Waals surface area contributed by atoms with Crippen molar-refractivity contribution in [1.82, 2.24) is 14.8 Å². The van der Waals surface area contributed by atoms with E-state index in [1.165, 1.54) is 16.9 Å². The maximum atomic E-state index is 5.71. The molecule has 24 heavy (non-hydrogen) atoms. The monoisotopic (exact) mass is 368 g/mol. The molecule has 1 fully saturated rings. The first-order valence-corrected chi connectivity index (χ1v) is 8.82. The lowest BCUT2D eigenvalue weighted by Crippen LogP contribution is -2.30. The minimum atomic E-state index is 0. The molecule has 2 aromatic rings. The number of thiazole rings is 1. The number of halogens is 1. The number of aromatic nitrogens is 1. The second kappa shape index (κ2) is 9.22. The van der Waals surface area contributed by atoms with E-state index in [9.17, 15) is 0 Å². The molecule has 0 amide bonds. The van der Waals surface area contributed by atoms with Crippen LogP contribution in [0, 0.1) is 0 Å². The number of benzene rings is 1. The number of anilines is 1. The maximum Gasteiger partial charge on any atom is 0.180 e. The van der Waals surface area contributed by atoms with Gasteiger partial charge in [0.25, 0.3) is 0 Å². The Balaban J connectivity index is 0.00000208. The van der Waals surface area contributed by atoms with E-state index in [2.05, 4.69) is 26.9 Å². The van der Waals surface area contributed by atoms with Gasteiger partial charge in [0.1, 0.15) is 5.75 Å². The largest absolute Gasteiger partial charge is 0.497 e. The smallest absolute Gasteiger partial charge is 0.180 e. The Bertz CT molecular complexity index is 619. The van der Waals surface area contributed by atoms with Crippen LogP contribution in [0.2, 0.25) is 0 Å². The van der Waals surface area contributed by atoms with Crippen molar-refractivity contribution >= 4 is 28.9 Å². The van der Waals surface area contributed by atoms with Crippen molar-refractivity contribution in [2.75, 3.05) is 39.0 Å². The van der Waals surface area contributed by atoms with Gasteiger partial charge in [-0.2, -0.15) is 0 Å². The van der Waals surface area contributed by atoms with E-state index < -0.39 is 0 Å². The van der Waals surface area contributed by atoms with E-state index >= 15 is 0 Å². The van der Waals surface area contributed by atoms with Crippen LogP contribution in [0.15, 0.2) is 30.5 Å². The van der Waals surface area contributed by atoms with Gasteiger partial charge < -0.3 is 10.5 Å². The van der Waals surface area contributed by atoms with Crippen molar-refractivity contribution in [1.29, 1.82) is 0 Å². The Morgan fingerprint density at radius 2 is 1.75 bits per heavy atom. The Hall–Kier alpha value is -1.34. The predicted molar refractivity (Wildman–Crippen MR) is 102 cm³/mol. The maximum absolute atomic E-state index is 5.71. The van der Waals surface area contributed by atoms with E-state index in [0.717, 1.165) is 45.0 Å². The van der Waals surface area contributed by atoms with Gasteiger partial charge in [0.05, 0.1) is 7.11 Å². The molecule has 1 aromatic carbocycles. The van der Waals surface area contributed by atoms with Crippen LogP contribution in [0.4, 0.5) is 5.13 Å². The molecular formula is C17H25ClN4OS. The molecule has 1 aliphatic rings. The molecule has 0 radical (unpaired) electrons. The van der Waals surface area contributed by atoms with E-state index in [1.807, 2.05) is 18.3 Å². The van der Waals surface area contributed by atoms with Gasteiger partial charge in [-0.15, -0.1) is 23.7 Å². The Labute approximate surface area is 153 Å². The summed E-state index contributed by atoms with van der Waals surface area (Å²) < 4.78 is 5.22. The highest BCUT2D eigenvalue weighted by molar-refractivity contribution is 7.15. The van der Waals surface area contributed by atoms with Gasteiger partial charge in [-0.1, -0.05) is 12.1 Å². The minimum absolute atomic E-state index is 0. The molecule has 7 heteroatoms. The summed E-state index contributed by atoms with van der Waals surface area (Å²) in [5, 5.41) is 0.663. The second-order valence-electron chi connectivity index (χ2n) is 5.92. The highest BCUT2D eigenvalue weighted by Gasteiger charge is 2.16. The SMILES string of the molecule is COc1ccc(CN2CCCN(Cc3cnc(N)s3)CC2)cc1.Cl. The van der Waals surface area contributed by atoms with Crippen LogP contribution in [0.5, 0.6) is 5.75 Å². The summed E-state index contributed by atoms with van der Waals surface area (Å²) in [5.74, 6) is 0.916. The lowest BCUT2D eigenvalue weighted by atomic mass is 10.2. The number of hydrogen-bond acceptors (Lipinski definition) is 6. The summed E-state index contributed by atoms with van der Waals surface area (Å²) in [7, 11) is 1.70. The van der Waals surface area contributed by atoms with Gasteiger partial charge in [0.2, 0.25) is 0 Å². The zero-order valence-corrected chi connectivity index (χ0v) is 15.6. The molecule has 0 unspecified atom stereocenters. The van der Waals surface area contributed by atoms with Crippen molar-refractivity contribution in [3.05, 3.63) is 40.9 Å². The molecule has 3 rings (SSSR count). The number of ether oxygens (including phenoxy) is 1. The third-order valence-electron chi connectivity index (χ3n) is 4.20. The van der Waals surface area contributed by atoms with Crippen molar-refractivity contribution in [2.45, 2.75) is 19.5 Å². The third kappa shape index (κ3) is 5.34. The average molecular weight is 369 g/mol. The van der Waals surface area contributed by atoms with Crippen LogP contribution in [-0.4, -0.2) is 48.1 Å². The Morgan fingerprint density at radius 1 is 1.08 bits per heavy atom. The first-order valence-electron chi connectivity index (χ1n) is 8.01. The van der Waals surface area contributed by atoms with Crippen molar-refractivity contribution in [3.8, 4) is 5.75 Å². The van der Waals surface area contributed by atoms with Gasteiger partial charge in [-0.05, 0) is 37.2 Å². The summed E-state index contributed by atoms with van der Waals surface area (Å²) in [6.07, 6.45) is 3.10. The van der Waals surface area contributed by atoms with Gasteiger partial charge in [0, 0.05) is 37.3 Å². The molecule has 0 spiro atoms. The minimum Gasteiger partial charge on any atom is -0.497 e. The highest BCUT2D eigenvalue weighted by atomic mass is 35.5. The van der Waals surface area contributed by atoms with Crippen molar-refractivity contribution in [2.24, 2.45) is 0 Å². The van der Waals surface area contributed by atoms with E-state index in [1.54, 1.807) is 18.4 Å². The molecule has 2 N–H and O–H groups in total. The molecule has 2 heterocycles. The van der Waals surface area contributed by atoms with Crippen LogP contribution in [-0.2, 0) is 13.1 Å². The molecule has 0 bridgehead atoms. The first kappa shape index (κ1) is 19.0. The Morgan fingerprint density at radius 3 is 2.33 bits per heavy atom. The van der Waals surface area contributed by atoms with Gasteiger partial charge in [-0.3, -0.25) is 9.80 Å². The molecule has 1 aliphatic heterocycles. The number of nitrogens with zero attached hydrogens (tertiary/aromatic N) is 3. The van der Waals surface area contributed by atoms with Crippen molar-refractivity contribution < 1.29 is 4.74 Å². The van der Waals surface area contributed by atoms with Gasteiger partial charge in [0.15, 0.2) is 5.13 Å². The fourth-order valence-electron chi connectivity index (χ4n) is 2.95. The summed E-state index contributed by atoms with van der Waals surface area (Å²) in [5.41, 5.74) is 7.06. The standard InChI is InChI=1S/C17H24N4OS.ClH/c1-22-15-5-3-14(4-6-15)12-20-7-2-8-21(10-9-20)13-16-11-19-17(18)23-16;/h3-6,11H,2,7-10,12-13H2,1H3,(H2,18,19);1H. The third-order valence-corrected chi connectivity index (χ3v) is 5.01. The fraction of sp³-hybridized carbons (Fsp3) is 0.471. The summed E-state index contributed by atoms with van der Waals surface area (Å²) >= 11 is 1.59. The lowest BCUT2D eigenvalue weighted by Gasteiger charge is -2.21. The van der Waals surface area contributed by atoms with Crippen LogP contribution >= 0.6 is 23.7 Å². The molecule has 132 valence electrons. The molecular weight excluding hydrogens is 344 g/mol. The van der Waals surface area contributed by atoms with Crippen LogP contribution < -0.4 is 10.5 Å². The number of nitrogens with two attached hydrogens (primary N) is 1. The summed E-state index contributed by atoms with van der Waals surface area (Å²) in [6, 6.07) is 8.38. The summed E-state index contributed by atoms with van der Waals surface area (Å²) in [6.45, 7) is 6.44. The molecule has 0 atom stereocenters. The van der Waals surface area contributed by atoms with E-state index in [4.69, 9.17) is 10.5 Å². The molecule has 0 aliphatic carbocycles. The normalized spacial score (nSPS) is 16.4. The fourth-order valence-corrected chi connectivity index (χ4v) is 3.67. The quantitative estimate of drug-likeness (QED) is 0.879. The van der Waals surface area contributed by atoms with Gasteiger partial charge in [-0.25, -0.2) is 4.98 Å². The summed E-state index contributed by atoms with van der Waals surface area (Å²) in [4.78, 5) is 10.4. The average Bonchev–Trinajstić information content (AvgIpc) is 2.84. The van der Waals surface area contributed by atoms with Crippen LogP contribution in [0.25, 0.3) is 0 Å². The first-order chi connectivity index (χ1) is 11.2. The van der Waals surface area contributed by atoms with Crippen LogP contribution in [0.3, 0.4) is 0 Å². The predicted octanol–water partition coefficient (Wildman–Crippen LogP) is 2.86. The zero-order valence-electron chi connectivity index (χ0n) is 14.0. The van der Waals surface area contributed by atoms with Gasteiger partial charge >= 0.3 is 0 Å². The van der Waals surface area contributed by atoms with E-state index in [-0.39, 0.29) is 12.4 Å². The lowest BCUT2D eigenvalue weighted by molar-refractivity contribution is 0.248. The topological polar surface area (TPSA) is 54.6 Å².